The van der Waals surface area contributed by atoms with Crippen LogP contribution in [0.15, 0.2) is 12.1 Å². The summed E-state index contributed by atoms with van der Waals surface area (Å²) in [7, 11) is 0. The second-order valence-corrected chi connectivity index (χ2v) is 5.28. The second-order valence-electron chi connectivity index (χ2n) is 4.90. The number of halogens is 4. The summed E-state index contributed by atoms with van der Waals surface area (Å²) >= 11 is 5.69. The molecule has 1 amide bonds. The monoisotopic (exact) mass is 320 g/mol. The maximum atomic E-state index is 13.7. The molecule has 1 aromatic rings. The van der Waals surface area contributed by atoms with Crippen LogP contribution in [0.1, 0.15) is 16.8 Å². The Morgan fingerprint density at radius 3 is 2.57 bits per heavy atom. The number of alkyl halides is 1. The summed E-state index contributed by atoms with van der Waals surface area (Å²) in [5.41, 5.74) is -0.431. The van der Waals surface area contributed by atoms with Gasteiger partial charge in [0, 0.05) is 32.1 Å². The lowest BCUT2D eigenvalue weighted by Crippen LogP contribution is -2.36. The van der Waals surface area contributed by atoms with E-state index >= 15 is 0 Å². The number of hydrogen-bond donors (Lipinski definition) is 0. The average molecular weight is 321 g/mol. The Morgan fingerprint density at radius 2 is 1.86 bits per heavy atom. The standard InChI is InChI=1S/C14H16ClF3N2O/c15-4-7-19-5-1-6-20(9-8-19)14(21)10-2-3-11(16)13(18)12(10)17/h2-3H,1,4-9H2. The molecule has 0 atom stereocenters. The molecule has 0 bridgehead atoms. The van der Waals surface area contributed by atoms with Crippen LogP contribution in [0.5, 0.6) is 0 Å². The van der Waals surface area contributed by atoms with Gasteiger partial charge in [0.1, 0.15) is 0 Å². The predicted octanol–water partition coefficient (Wildman–Crippen LogP) is 2.49. The first-order chi connectivity index (χ1) is 10.0. The van der Waals surface area contributed by atoms with Crippen LogP contribution in [0, 0.1) is 17.5 Å². The number of carbonyl (C=O) groups excluding carboxylic acids is 1. The fourth-order valence-corrected chi connectivity index (χ4v) is 2.62. The van der Waals surface area contributed by atoms with E-state index in [1.807, 2.05) is 0 Å². The molecule has 0 N–H and O–H groups in total. The number of nitrogens with zero attached hydrogens (tertiary/aromatic N) is 2. The Balaban J connectivity index is 2.11. The van der Waals surface area contributed by atoms with Crippen molar-refractivity contribution in [3.05, 3.63) is 35.1 Å². The summed E-state index contributed by atoms with van der Waals surface area (Å²) in [6, 6.07) is 1.75. The molecule has 0 aromatic heterocycles. The highest BCUT2D eigenvalue weighted by molar-refractivity contribution is 6.18. The van der Waals surface area contributed by atoms with Crippen molar-refractivity contribution >= 4 is 17.5 Å². The van der Waals surface area contributed by atoms with Crippen molar-refractivity contribution in [2.24, 2.45) is 0 Å². The van der Waals surface area contributed by atoms with Crippen molar-refractivity contribution in [3.8, 4) is 0 Å². The Bertz CT molecular complexity index is 527. The molecule has 1 fully saturated rings. The summed E-state index contributed by atoms with van der Waals surface area (Å²) in [5.74, 6) is -4.44. The van der Waals surface area contributed by atoms with E-state index in [1.165, 1.54) is 4.90 Å². The van der Waals surface area contributed by atoms with E-state index in [0.717, 1.165) is 31.6 Å². The zero-order valence-corrected chi connectivity index (χ0v) is 12.2. The van der Waals surface area contributed by atoms with Crippen molar-refractivity contribution in [2.45, 2.75) is 6.42 Å². The molecule has 1 heterocycles. The maximum absolute atomic E-state index is 13.7. The second kappa shape index (κ2) is 7.13. The van der Waals surface area contributed by atoms with Crippen molar-refractivity contribution < 1.29 is 18.0 Å². The first-order valence-corrected chi connectivity index (χ1v) is 7.29. The van der Waals surface area contributed by atoms with Crippen LogP contribution in [0.2, 0.25) is 0 Å². The minimum Gasteiger partial charge on any atom is -0.337 e. The van der Waals surface area contributed by atoms with Gasteiger partial charge >= 0.3 is 0 Å². The predicted molar refractivity (Wildman–Crippen MR) is 74.0 cm³/mol. The quantitative estimate of drug-likeness (QED) is 0.631. The first-order valence-electron chi connectivity index (χ1n) is 6.75. The summed E-state index contributed by atoms with van der Waals surface area (Å²) in [6.45, 7) is 3.02. The van der Waals surface area contributed by atoms with Gasteiger partial charge in [0.15, 0.2) is 17.5 Å². The summed E-state index contributed by atoms with van der Waals surface area (Å²) < 4.78 is 39.8. The Kier molecular flexibility index (Phi) is 5.47. The topological polar surface area (TPSA) is 23.6 Å². The molecular weight excluding hydrogens is 305 g/mol. The van der Waals surface area contributed by atoms with Crippen LogP contribution in [0.4, 0.5) is 13.2 Å². The molecule has 0 radical (unpaired) electrons. The highest BCUT2D eigenvalue weighted by atomic mass is 35.5. The number of benzene rings is 1. The molecule has 7 heteroatoms. The van der Waals surface area contributed by atoms with Gasteiger partial charge in [-0.15, -0.1) is 11.6 Å². The van der Waals surface area contributed by atoms with Gasteiger partial charge in [0.25, 0.3) is 5.91 Å². The van der Waals surface area contributed by atoms with Crippen molar-refractivity contribution in [2.75, 3.05) is 38.6 Å². The molecule has 2 rings (SSSR count). The lowest BCUT2D eigenvalue weighted by atomic mass is 10.1. The van der Waals surface area contributed by atoms with Crippen LogP contribution in [0.3, 0.4) is 0 Å². The number of rotatable bonds is 3. The summed E-state index contributed by atoms with van der Waals surface area (Å²) in [5, 5.41) is 0. The SMILES string of the molecule is O=C(c1ccc(F)c(F)c1F)N1CCCN(CCCl)CC1. The minimum atomic E-state index is -1.61. The summed E-state index contributed by atoms with van der Waals surface area (Å²) in [4.78, 5) is 15.8. The Labute approximate surface area is 126 Å². The van der Waals surface area contributed by atoms with E-state index < -0.39 is 28.9 Å². The average Bonchev–Trinajstić information content (AvgIpc) is 2.70. The Morgan fingerprint density at radius 1 is 1.10 bits per heavy atom. The van der Waals surface area contributed by atoms with Crippen LogP contribution in [-0.4, -0.2) is 54.3 Å². The third-order valence-electron chi connectivity index (χ3n) is 3.54. The fourth-order valence-electron chi connectivity index (χ4n) is 2.38. The van der Waals surface area contributed by atoms with E-state index in [1.54, 1.807) is 0 Å². The normalized spacial score (nSPS) is 16.9. The largest absolute Gasteiger partial charge is 0.337 e. The Hall–Kier alpha value is -1.27. The van der Waals surface area contributed by atoms with E-state index in [9.17, 15) is 18.0 Å². The maximum Gasteiger partial charge on any atom is 0.256 e. The van der Waals surface area contributed by atoms with Gasteiger partial charge in [0.05, 0.1) is 5.56 Å². The zero-order chi connectivity index (χ0) is 15.4. The molecular formula is C14H16ClF3N2O. The molecule has 1 aliphatic heterocycles. The number of hydrogen-bond acceptors (Lipinski definition) is 2. The number of carbonyl (C=O) groups is 1. The van der Waals surface area contributed by atoms with Gasteiger partial charge in [-0.1, -0.05) is 0 Å². The van der Waals surface area contributed by atoms with Crippen LogP contribution in [-0.2, 0) is 0 Å². The van der Waals surface area contributed by atoms with Crippen LogP contribution in [0.25, 0.3) is 0 Å². The molecule has 0 spiro atoms. The minimum absolute atomic E-state index is 0.411. The molecule has 0 saturated carbocycles. The van der Waals surface area contributed by atoms with Crippen molar-refractivity contribution in [3.63, 3.8) is 0 Å². The molecule has 1 saturated heterocycles. The fraction of sp³-hybridized carbons (Fsp3) is 0.500. The third kappa shape index (κ3) is 3.68. The van der Waals surface area contributed by atoms with E-state index in [4.69, 9.17) is 11.6 Å². The van der Waals surface area contributed by atoms with Gasteiger partial charge in [0.2, 0.25) is 0 Å². The van der Waals surface area contributed by atoms with Crippen LogP contribution >= 0.6 is 11.6 Å². The van der Waals surface area contributed by atoms with Crippen LogP contribution < -0.4 is 0 Å². The molecule has 1 aromatic carbocycles. The van der Waals surface area contributed by atoms with Gasteiger partial charge < -0.3 is 9.80 Å². The highest BCUT2D eigenvalue weighted by Crippen LogP contribution is 2.18. The van der Waals surface area contributed by atoms with Crippen molar-refractivity contribution in [1.29, 1.82) is 0 Å². The van der Waals surface area contributed by atoms with Gasteiger partial charge in [-0.3, -0.25) is 4.79 Å². The molecule has 116 valence electrons. The van der Waals surface area contributed by atoms with E-state index in [2.05, 4.69) is 4.90 Å². The molecule has 21 heavy (non-hydrogen) atoms. The van der Waals surface area contributed by atoms with Gasteiger partial charge in [-0.25, -0.2) is 13.2 Å². The molecule has 0 unspecified atom stereocenters. The van der Waals surface area contributed by atoms with Gasteiger partial charge in [-0.05, 0) is 25.1 Å². The first kappa shape index (κ1) is 16.1. The highest BCUT2D eigenvalue weighted by Gasteiger charge is 2.25. The zero-order valence-electron chi connectivity index (χ0n) is 11.4. The smallest absolute Gasteiger partial charge is 0.256 e. The molecule has 3 nitrogen and oxygen atoms in total. The van der Waals surface area contributed by atoms with Gasteiger partial charge in [-0.2, -0.15) is 0 Å². The number of amides is 1. The van der Waals surface area contributed by atoms with E-state index in [0.29, 0.717) is 25.5 Å². The summed E-state index contributed by atoms with van der Waals surface area (Å²) in [6.07, 6.45) is 0.730. The van der Waals surface area contributed by atoms with E-state index in [-0.39, 0.29) is 0 Å². The molecule has 0 aliphatic carbocycles. The third-order valence-corrected chi connectivity index (χ3v) is 3.71. The molecule has 1 aliphatic rings. The lowest BCUT2D eigenvalue weighted by Gasteiger charge is -2.21. The lowest BCUT2D eigenvalue weighted by molar-refractivity contribution is 0.0755. The van der Waals surface area contributed by atoms with Crippen molar-refractivity contribution in [1.82, 2.24) is 9.80 Å².